The number of carbonyl (C=O) groups is 1. The summed E-state index contributed by atoms with van der Waals surface area (Å²) in [5.74, 6) is 0.775. The van der Waals surface area contributed by atoms with Crippen molar-refractivity contribution in [1.29, 1.82) is 5.26 Å². The van der Waals surface area contributed by atoms with Gasteiger partial charge in [-0.3, -0.25) is 4.90 Å². The SMILES string of the molecule is N#Cc1cccc(-c2ccc3nc([C@@H]4CCCN4C(=O)OCc4ccccc4)[nH]c3c2)c1. The van der Waals surface area contributed by atoms with Gasteiger partial charge in [0.1, 0.15) is 12.4 Å². The maximum Gasteiger partial charge on any atom is 0.410 e. The standard InChI is InChI=1S/C26H22N4O2/c27-16-19-8-4-9-20(14-19)21-11-12-22-23(15-21)29-25(28-22)24-10-5-13-30(24)26(31)32-17-18-6-2-1-3-7-18/h1-4,6-9,11-12,14-15,24H,5,10,13,17H2,(H,28,29)/t24-/m0/s1. The Bertz CT molecular complexity index is 1310. The molecule has 32 heavy (non-hydrogen) atoms. The van der Waals surface area contributed by atoms with Crippen molar-refractivity contribution in [3.8, 4) is 17.2 Å². The van der Waals surface area contributed by atoms with Gasteiger partial charge in [-0.05, 0) is 53.8 Å². The molecule has 1 saturated heterocycles. The molecular weight excluding hydrogens is 400 g/mol. The average molecular weight is 422 g/mol. The maximum absolute atomic E-state index is 12.8. The first-order valence-corrected chi connectivity index (χ1v) is 10.7. The smallest absolute Gasteiger partial charge is 0.410 e. The average Bonchev–Trinajstić information content (AvgIpc) is 3.50. The summed E-state index contributed by atoms with van der Waals surface area (Å²) in [6.45, 7) is 0.912. The van der Waals surface area contributed by atoms with E-state index in [9.17, 15) is 4.79 Å². The van der Waals surface area contributed by atoms with Crippen molar-refractivity contribution in [3.63, 3.8) is 0 Å². The van der Waals surface area contributed by atoms with Crippen molar-refractivity contribution in [3.05, 3.63) is 89.7 Å². The first-order valence-electron chi connectivity index (χ1n) is 10.7. The van der Waals surface area contributed by atoms with Gasteiger partial charge in [0.2, 0.25) is 0 Å². The van der Waals surface area contributed by atoms with Crippen LogP contribution in [0.15, 0.2) is 72.8 Å². The van der Waals surface area contributed by atoms with Crippen LogP contribution in [-0.2, 0) is 11.3 Å². The Morgan fingerprint density at radius 2 is 1.94 bits per heavy atom. The highest BCUT2D eigenvalue weighted by Gasteiger charge is 2.33. The number of nitrogens with zero attached hydrogens (tertiary/aromatic N) is 3. The number of hydrogen-bond acceptors (Lipinski definition) is 4. The Labute approximate surface area is 186 Å². The third-order valence-corrected chi connectivity index (χ3v) is 5.83. The molecule has 6 heteroatoms. The van der Waals surface area contributed by atoms with Crippen molar-refractivity contribution in [2.45, 2.75) is 25.5 Å². The number of benzene rings is 3. The van der Waals surface area contributed by atoms with E-state index in [-0.39, 0.29) is 18.7 Å². The van der Waals surface area contributed by atoms with E-state index in [2.05, 4.69) is 11.1 Å². The molecule has 1 N–H and O–H groups in total. The van der Waals surface area contributed by atoms with Crippen LogP contribution >= 0.6 is 0 Å². The molecule has 5 rings (SSSR count). The summed E-state index contributed by atoms with van der Waals surface area (Å²) < 4.78 is 5.56. The number of hydrogen-bond donors (Lipinski definition) is 1. The number of fused-ring (bicyclic) bond motifs is 1. The number of likely N-dealkylation sites (tertiary alicyclic amines) is 1. The first kappa shape index (κ1) is 19.8. The lowest BCUT2D eigenvalue weighted by molar-refractivity contribution is 0.0910. The molecule has 0 unspecified atom stereocenters. The van der Waals surface area contributed by atoms with Gasteiger partial charge < -0.3 is 9.72 Å². The van der Waals surface area contributed by atoms with Crippen LogP contribution in [0.25, 0.3) is 22.2 Å². The molecule has 0 saturated carbocycles. The van der Waals surface area contributed by atoms with Gasteiger partial charge in [-0.2, -0.15) is 5.26 Å². The molecule has 0 radical (unpaired) electrons. The normalized spacial score (nSPS) is 15.6. The number of rotatable bonds is 4. The molecule has 1 atom stereocenters. The molecule has 3 aromatic carbocycles. The van der Waals surface area contributed by atoms with Crippen LogP contribution in [0.3, 0.4) is 0 Å². The molecule has 1 aliphatic heterocycles. The van der Waals surface area contributed by atoms with Crippen molar-refractivity contribution < 1.29 is 9.53 Å². The summed E-state index contributed by atoms with van der Waals surface area (Å²) in [6.07, 6.45) is 1.44. The fraction of sp³-hybridized carbons (Fsp3) is 0.192. The second kappa shape index (κ2) is 8.56. The van der Waals surface area contributed by atoms with E-state index < -0.39 is 0 Å². The molecule has 158 valence electrons. The Morgan fingerprint density at radius 3 is 2.78 bits per heavy atom. The maximum atomic E-state index is 12.8. The molecule has 1 aliphatic rings. The number of ether oxygens (including phenoxy) is 1. The number of nitriles is 1. The summed E-state index contributed by atoms with van der Waals surface area (Å²) in [6, 6.07) is 25.3. The molecule has 6 nitrogen and oxygen atoms in total. The quantitative estimate of drug-likeness (QED) is 0.466. The minimum Gasteiger partial charge on any atom is -0.445 e. The van der Waals surface area contributed by atoms with E-state index in [1.165, 1.54) is 0 Å². The lowest BCUT2D eigenvalue weighted by Gasteiger charge is -2.22. The predicted octanol–water partition coefficient (Wildman–Crippen LogP) is 5.58. The number of carbonyl (C=O) groups excluding carboxylic acids is 1. The topological polar surface area (TPSA) is 82.0 Å². The molecule has 2 heterocycles. The molecule has 0 aliphatic carbocycles. The van der Waals surface area contributed by atoms with Crippen molar-refractivity contribution in [2.24, 2.45) is 0 Å². The Hall–Kier alpha value is -4.11. The lowest BCUT2D eigenvalue weighted by atomic mass is 10.0. The Balaban J connectivity index is 1.36. The van der Waals surface area contributed by atoms with E-state index >= 15 is 0 Å². The van der Waals surface area contributed by atoms with Gasteiger partial charge in [-0.15, -0.1) is 0 Å². The van der Waals surface area contributed by atoms with Gasteiger partial charge in [0.25, 0.3) is 0 Å². The van der Waals surface area contributed by atoms with Crippen molar-refractivity contribution in [2.75, 3.05) is 6.54 Å². The van der Waals surface area contributed by atoms with Crippen LogP contribution in [0, 0.1) is 11.3 Å². The molecule has 4 aromatic rings. The highest BCUT2D eigenvalue weighted by atomic mass is 16.6. The third-order valence-electron chi connectivity index (χ3n) is 5.83. The summed E-state index contributed by atoms with van der Waals surface area (Å²) in [5, 5.41) is 9.17. The molecule has 1 fully saturated rings. The van der Waals surface area contributed by atoms with E-state index in [0.29, 0.717) is 12.1 Å². The van der Waals surface area contributed by atoms with E-state index in [0.717, 1.165) is 46.4 Å². The second-order valence-electron chi connectivity index (χ2n) is 7.94. The van der Waals surface area contributed by atoms with Crippen molar-refractivity contribution >= 4 is 17.1 Å². The van der Waals surface area contributed by atoms with Gasteiger partial charge in [-0.1, -0.05) is 48.5 Å². The van der Waals surface area contributed by atoms with Crippen LogP contribution < -0.4 is 0 Å². The van der Waals surface area contributed by atoms with Crippen LogP contribution in [0.4, 0.5) is 4.79 Å². The fourth-order valence-electron chi connectivity index (χ4n) is 4.21. The van der Waals surface area contributed by atoms with Crippen LogP contribution in [0.2, 0.25) is 0 Å². The number of amides is 1. The number of aromatic amines is 1. The first-order chi connectivity index (χ1) is 15.7. The summed E-state index contributed by atoms with van der Waals surface area (Å²) in [4.78, 5) is 22.7. The lowest BCUT2D eigenvalue weighted by Crippen LogP contribution is -2.31. The third kappa shape index (κ3) is 3.93. The summed E-state index contributed by atoms with van der Waals surface area (Å²) in [7, 11) is 0. The molecule has 1 aromatic heterocycles. The number of imidazole rings is 1. The molecule has 0 spiro atoms. The fourth-order valence-corrected chi connectivity index (χ4v) is 4.21. The number of H-pyrrole nitrogens is 1. The van der Waals surface area contributed by atoms with Crippen LogP contribution in [0.5, 0.6) is 0 Å². The highest BCUT2D eigenvalue weighted by Crippen LogP contribution is 2.33. The van der Waals surface area contributed by atoms with E-state index in [1.807, 2.05) is 66.7 Å². The molecule has 1 amide bonds. The predicted molar refractivity (Wildman–Crippen MR) is 122 cm³/mol. The minimum absolute atomic E-state index is 0.129. The largest absolute Gasteiger partial charge is 0.445 e. The zero-order valence-electron chi connectivity index (χ0n) is 17.5. The van der Waals surface area contributed by atoms with Crippen molar-refractivity contribution in [1.82, 2.24) is 14.9 Å². The minimum atomic E-state index is -0.314. The number of nitrogens with one attached hydrogen (secondary N) is 1. The van der Waals surface area contributed by atoms with Crippen LogP contribution in [0.1, 0.15) is 35.8 Å². The van der Waals surface area contributed by atoms with Crippen LogP contribution in [-0.4, -0.2) is 27.5 Å². The monoisotopic (exact) mass is 422 g/mol. The summed E-state index contributed by atoms with van der Waals surface area (Å²) in [5.41, 5.74) is 5.34. The Morgan fingerprint density at radius 1 is 1.09 bits per heavy atom. The Kier molecular flexibility index (Phi) is 5.30. The highest BCUT2D eigenvalue weighted by molar-refractivity contribution is 5.82. The van der Waals surface area contributed by atoms with Gasteiger partial charge in [0.15, 0.2) is 0 Å². The van der Waals surface area contributed by atoms with E-state index in [1.54, 1.807) is 11.0 Å². The zero-order chi connectivity index (χ0) is 21.9. The van der Waals surface area contributed by atoms with Gasteiger partial charge >= 0.3 is 6.09 Å². The molecule has 0 bridgehead atoms. The summed E-state index contributed by atoms with van der Waals surface area (Å²) >= 11 is 0. The van der Waals surface area contributed by atoms with E-state index in [4.69, 9.17) is 15.0 Å². The second-order valence-corrected chi connectivity index (χ2v) is 7.94. The molecular formula is C26H22N4O2. The van der Waals surface area contributed by atoms with Gasteiger partial charge in [0.05, 0.1) is 28.7 Å². The number of aromatic nitrogens is 2. The van der Waals surface area contributed by atoms with Gasteiger partial charge in [0, 0.05) is 6.54 Å². The van der Waals surface area contributed by atoms with Gasteiger partial charge in [-0.25, -0.2) is 9.78 Å². The zero-order valence-corrected chi connectivity index (χ0v) is 17.5.